The van der Waals surface area contributed by atoms with Gasteiger partial charge in [-0.1, -0.05) is 275 Å². The minimum Gasteiger partial charge on any atom is -0.394 e. The van der Waals surface area contributed by atoms with E-state index in [2.05, 4.69) is 153 Å². The molecule has 93 heavy (non-hydrogen) atoms. The smallest absolute Gasteiger partial charge is 0.220 e. The van der Waals surface area contributed by atoms with Crippen molar-refractivity contribution >= 4 is 5.91 Å². The van der Waals surface area contributed by atoms with Crippen molar-refractivity contribution in [2.75, 3.05) is 19.8 Å². The second-order valence-corrected chi connectivity index (χ2v) is 25.0. The Morgan fingerprint density at radius 1 is 0.398 bits per heavy atom. The molecule has 2 fully saturated rings. The van der Waals surface area contributed by atoms with Crippen LogP contribution in [0.2, 0.25) is 0 Å². The van der Waals surface area contributed by atoms with E-state index in [1.165, 1.54) is 103 Å². The highest BCUT2D eigenvalue weighted by molar-refractivity contribution is 5.76. The standard InChI is InChI=1S/C79H131NO13/c1-3-5-7-9-11-13-15-17-19-21-23-25-27-29-31-32-33-34-35-36-37-39-41-43-45-47-49-51-53-55-57-59-61-63-71(84)80-67(66-90-78-76(89)74(87)77(70(65-82)92-78)93-79-75(88)73(86)72(85)69(64-81)91-79)68(83)62-60-58-56-54-52-50-48-46-44-42-40-38-30-28-26-24-22-20-18-16-14-12-10-8-6-4-2/h5,7,11,13,17,19,23,25,29,31,33-34,36-37,41,43-44,46-47,49,52,54,60,62,67-70,72-79,81-83,85-89H,3-4,6,8-10,12,14-16,18,20-22,24,26-28,30,32,35,38-40,42,45,48,50-51,53,55-59,61,63-66H2,1-2H3,(H,80,84)/b7-5-,13-11-,19-17-,25-23-,31-29-,34-33-,37-36-,43-41-,46-44+,49-47-,54-52+,62-60+. The van der Waals surface area contributed by atoms with Crippen LogP contribution in [-0.4, -0.2) is 140 Å². The fourth-order valence-corrected chi connectivity index (χ4v) is 11.0. The first kappa shape index (κ1) is 85.0. The Morgan fingerprint density at radius 3 is 1.18 bits per heavy atom. The molecule has 2 aliphatic heterocycles. The highest BCUT2D eigenvalue weighted by Gasteiger charge is 2.51. The van der Waals surface area contributed by atoms with E-state index in [1.54, 1.807) is 6.08 Å². The Bertz CT molecular complexity index is 2120. The van der Waals surface area contributed by atoms with Gasteiger partial charge < -0.3 is 65.1 Å². The van der Waals surface area contributed by atoms with Gasteiger partial charge in [0, 0.05) is 6.42 Å². The van der Waals surface area contributed by atoms with Gasteiger partial charge in [-0.25, -0.2) is 0 Å². The maximum absolute atomic E-state index is 13.3. The molecule has 14 nitrogen and oxygen atoms in total. The Kier molecular flexibility index (Phi) is 56.1. The van der Waals surface area contributed by atoms with Gasteiger partial charge in [-0.05, 0) is 116 Å². The molecule has 14 heteroatoms. The van der Waals surface area contributed by atoms with Crippen LogP contribution in [0.25, 0.3) is 0 Å². The first-order chi connectivity index (χ1) is 45.6. The molecule has 2 aliphatic rings. The topological polar surface area (TPSA) is 228 Å². The lowest BCUT2D eigenvalue weighted by Gasteiger charge is -2.46. The Balaban J connectivity index is 1.72. The van der Waals surface area contributed by atoms with E-state index >= 15 is 0 Å². The average molecular weight is 1300 g/mol. The van der Waals surface area contributed by atoms with Crippen molar-refractivity contribution < 1.29 is 64.6 Å². The van der Waals surface area contributed by atoms with Crippen LogP contribution in [0.15, 0.2) is 146 Å². The third kappa shape index (κ3) is 45.1. The molecule has 530 valence electrons. The molecule has 2 saturated heterocycles. The van der Waals surface area contributed by atoms with Crippen molar-refractivity contribution in [2.45, 2.75) is 325 Å². The molecule has 0 aliphatic carbocycles. The predicted molar refractivity (Wildman–Crippen MR) is 382 cm³/mol. The molecule has 0 aromatic carbocycles. The van der Waals surface area contributed by atoms with Gasteiger partial charge in [0.05, 0.1) is 32.0 Å². The highest BCUT2D eigenvalue weighted by atomic mass is 16.7. The van der Waals surface area contributed by atoms with Crippen LogP contribution in [0.5, 0.6) is 0 Å². The molecule has 12 unspecified atom stereocenters. The number of allylic oxidation sites excluding steroid dienone is 23. The predicted octanol–water partition coefficient (Wildman–Crippen LogP) is 15.6. The van der Waals surface area contributed by atoms with Gasteiger partial charge in [0.15, 0.2) is 12.6 Å². The molecule has 0 saturated carbocycles. The molecule has 0 radical (unpaired) electrons. The Morgan fingerprint density at radius 2 is 0.753 bits per heavy atom. The highest BCUT2D eigenvalue weighted by Crippen LogP contribution is 2.30. The molecule has 1 amide bonds. The number of carbonyl (C=O) groups is 1. The SMILES string of the molecule is CC/C=C\C/C=C\C/C=C\C/C=C\C/C=C\C/C=C\C/C=C\C/C=C\C/C=C\CCCCCCCC(=O)NC(COC1OC(CO)C(OC2OC(CO)C(O)C(O)C2O)C(O)C1O)C(O)/C=C/CC/C=C/CC/C=C/CCCCCCCCCCCCCCCCCC. The number of carbonyl (C=O) groups excluding carboxylic acids is 1. The summed E-state index contributed by atoms with van der Waals surface area (Å²) < 4.78 is 22.8. The normalized spacial score (nSPS) is 23.5. The molecule has 2 heterocycles. The minimum absolute atomic E-state index is 0.237. The Hall–Kier alpha value is -4.13. The van der Waals surface area contributed by atoms with Crippen LogP contribution < -0.4 is 5.32 Å². The third-order valence-corrected chi connectivity index (χ3v) is 16.7. The van der Waals surface area contributed by atoms with E-state index in [-0.39, 0.29) is 18.9 Å². The summed E-state index contributed by atoms with van der Waals surface area (Å²) in [6.07, 6.45) is 76.1. The first-order valence-corrected chi connectivity index (χ1v) is 36.6. The third-order valence-electron chi connectivity index (χ3n) is 16.7. The van der Waals surface area contributed by atoms with Gasteiger partial charge >= 0.3 is 0 Å². The summed E-state index contributed by atoms with van der Waals surface area (Å²) in [5, 5.41) is 87.5. The van der Waals surface area contributed by atoms with Crippen LogP contribution >= 0.6 is 0 Å². The van der Waals surface area contributed by atoms with Crippen LogP contribution in [-0.2, 0) is 23.7 Å². The number of hydrogen-bond donors (Lipinski definition) is 9. The van der Waals surface area contributed by atoms with Crippen LogP contribution in [0.4, 0.5) is 0 Å². The van der Waals surface area contributed by atoms with Crippen LogP contribution in [0.3, 0.4) is 0 Å². The van der Waals surface area contributed by atoms with E-state index in [0.717, 1.165) is 116 Å². The minimum atomic E-state index is -1.80. The number of amides is 1. The molecular formula is C79H131NO13. The van der Waals surface area contributed by atoms with Gasteiger partial charge in [0.2, 0.25) is 5.91 Å². The zero-order valence-electron chi connectivity index (χ0n) is 57.7. The van der Waals surface area contributed by atoms with Gasteiger partial charge in [0.1, 0.15) is 48.8 Å². The number of hydrogen-bond acceptors (Lipinski definition) is 13. The average Bonchev–Trinajstić information content (AvgIpc) is 0.852. The Labute approximate surface area is 563 Å². The van der Waals surface area contributed by atoms with Crippen LogP contribution in [0.1, 0.15) is 251 Å². The van der Waals surface area contributed by atoms with E-state index in [0.29, 0.717) is 12.8 Å². The summed E-state index contributed by atoms with van der Waals surface area (Å²) in [4.78, 5) is 13.3. The molecule has 2 rings (SSSR count). The summed E-state index contributed by atoms with van der Waals surface area (Å²) in [6, 6.07) is -0.962. The maximum Gasteiger partial charge on any atom is 0.220 e. The van der Waals surface area contributed by atoms with Crippen molar-refractivity contribution in [3.05, 3.63) is 146 Å². The fourth-order valence-electron chi connectivity index (χ4n) is 11.0. The molecule has 0 spiro atoms. The van der Waals surface area contributed by atoms with E-state index in [1.807, 2.05) is 6.08 Å². The zero-order valence-corrected chi connectivity index (χ0v) is 57.7. The first-order valence-electron chi connectivity index (χ1n) is 36.6. The second-order valence-electron chi connectivity index (χ2n) is 25.0. The van der Waals surface area contributed by atoms with Gasteiger partial charge in [-0.3, -0.25) is 4.79 Å². The summed E-state index contributed by atoms with van der Waals surface area (Å²) in [6.45, 7) is 2.65. The molecule has 0 aromatic heterocycles. The molecule has 0 bridgehead atoms. The molecule has 0 aromatic rings. The lowest BCUT2D eigenvalue weighted by molar-refractivity contribution is -0.359. The van der Waals surface area contributed by atoms with Gasteiger partial charge in [-0.15, -0.1) is 0 Å². The molecule has 9 N–H and O–H groups in total. The van der Waals surface area contributed by atoms with E-state index < -0.39 is 86.8 Å². The van der Waals surface area contributed by atoms with Gasteiger partial charge in [-0.2, -0.15) is 0 Å². The summed E-state index contributed by atoms with van der Waals surface area (Å²) in [7, 11) is 0. The van der Waals surface area contributed by atoms with Crippen molar-refractivity contribution in [1.82, 2.24) is 5.32 Å². The number of nitrogens with one attached hydrogen (secondary N) is 1. The number of ether oxygens (including phenoxy) is 4. The lowest BCUT2D eigenvalue weighted by atomic mass is 9.97. The van der Waals surface area contributed by atoms with Crippen molar-refractivity contribution in [2.24, 2.45) is 0 Å². The fraction of sp³-hybridized carbons (Fsp3) is 0.684. The second kappa shape index (κ2) is 61.5. The zero-order chi connectivity index (χ0) is 67.3. The summed E-state index contributed by atoms with van der Waals surface area (Å²) >= 11 is 0. The van der Waals surface area contributed by atoms with Crippen LogP contribution in [0, 0.1) is 0 Å². The summed E-state index contributed by atoms with van der Waals surface area (Å²) in [5.74, 6) is -0.277. The van der Waals surface area contributed by atoms with Crippen molar-refractivity contribution in [3.63, 3.8) is 0 Å². The summed E-state index contributed by atoms with van der Waals surface area (Å²) in [5.41, 5.74) is 0. The number of aliphatic hydroxyl groups excluding tert-OH is 8. The number of aliphatic hydroxyl groups is 8. The van der Waals surface area contributed by atoms with E-state index in [9.17, 15) is 45.6 Å². The molecular weight excluding hydrogens is 1170 g/mol. The quantitative estimate of drug-likeness (QED) is 0.0204. The lowest BCUT2D eigenvalue weighted by Crippen LogP contribution is -2.65. The maximum atomic E-state index is 13.3. The molecule has 12 atom stereocenters. The van der Waals surface area contributed by atoms with Gasteiger partial charge in [0.25, 0.3) is 0 Å². The van der Waals surface area contributed by atoms with E-state index in [4.69, 9.17) is 18.9 Å². The van der Waals surface area contributed by atoms with Crippen molar-refractivity contribution in [1.29, 1.82) is 0 Å². The number of unbranched alkanes of at least 4 members (excludes halogenated alkanes) is 23. The largest absolute Gasteiger partial charge is 0.394 e. The number of rotatable bonds is 58. The van der Waals surface area contributed by atoms with Crippen molar-refractivity contribution in [3.8, 4) is 0 Å². The monoisotopic (exact) mass is 1300 g/mol.